The van der Waals surface area contributed by atoms with Crippen LogP contribution in [0.25, 0.3) is 10.9 Å². The molecule has 0 bridgehead atoms. The Labute approximate surface area is 214 Å². The number of amides is 1. The van der Waals surface area contributed by atoms with Gasteiger partial charge in [-0.05, 0) is 67.6 Å². The maximum absolute atomic E-state index is 12.6. The zero-order valence-corrected chi connectivity index (χ0v) is 21.1. The number of aryl methyl sites for hydroxylation is 1. The molecule has 0 radical (unpaired) electrons. The van der Waals surface area contributed by atoms with E-state index >= 15 is 0 Å². The first kappa shape index (κ1) is 25.3. The number of hydrogen-bond acceptors (Lipinski definition) is 6. The Morgan fingerprint density at radius 2 is 1.72 bits per heavy atom. The molecule has 0 aliphatic heterocycles. The predicted molar refractivity (Wildman–Crippen MR) is 142 cm³/mol. The van der Waals surface area contributed by atoms with Gasteiger partial charge in [0.05, 0.1) is 10.4 Å². The fourth-order valence-corrected chi connectivity index (χ4v) is 4.65. The molecule has 0 saturated carbocycles. The minimum atomic E-state index is -3.73. The topological polar surface area (TPSA) is 109 Å². The summed E-state index contributed by atoms with van der Waals surface area (Å²) in [5.74, 6) is 0.0976. The number of pyridine rings is 1. The first-order valence-electron chi connectivity index (χ1n) is 11.2. The van der Waals surface area contributed by atoms with Gasteiger partial charge in [0.2, 0.25) is 0 Å². The molecule has 1 amide bonds. The molecule has 0 aliphatic rings. The third-order valence-corrected chi connectivity index (χ3v) is 6.91. The summed E-state index contributed by atoms with van der Waals surface area (Å²) >= 11 is 6.02. The van der Waals surface area contributed by atoms with Crippen molar-refractivity contribution in [3.8, 4) is 5.75 Å². The minimum Gasteiger partial charge on any atom is -0.484 e. The highest BCUT2D eigenvalue weighted by Crippen LogP contribution is 2.24. The highest BCUT2D eigenvalue weighted by atomic mass is 35.5. The van der Waals surface area contributed by atoms with E-state index in [1.54, 1.807) is 30.5 Å². The summed E-state index contributed by atoms with van der Waals surface area (Å²) in [5.41, 5.74) is 3.20. The number of sulfonamides is 1. The number of nitrogens with zero attached hydrogens (tertiary/aromatic N) is 1. The minimum absolute atomic E-state index is 0.0943. The van der Waals surface area contributed by atoms with E-state index in [1.807, 2.05) is 31.2 Å². The summed E-state index contributed by atoms with van der Waals surface area (Å²) in [7, 11) is -3.73. The average molecular weight is 525 g/mol. The van der Waals surface area contributed by atoms with E-state index in [0.717, 1.165) is 22.2 Å². The molecule has 1 aromatic heterocycles. The molecule has 0 atom stereocenters. The lowest BCUT2D eigenvalue weighted by Gasteiger charge is -2.11. The summed E-state index contributed by atoms with van der Waals surface area (Å²) in [5, 5.41) is 7.61. The van der Waals surface area contributed by atoms with E-state index in [-0.39, 0.29) is 17.4 Å². The van der Waals surface area contributed by atoms with Gasteiger partial charge in [-0.15, -0.1) is 0 Å². The Morgan fingerprint density at radius 1 is 0.972 bits per heavy atom. The zero-order chi connectivity index (χ0) is 25.5. The summed E-state index contributed by atoms with van der Waals surface area (Å²) in [6, 6.07) is 20.3. The molecule has 36 heavy (non-hydrogen) atoms. The van der Waals surface area contributed by atoms with Gasteiger partial charge in [-0.3, -0.25) is 14.5 Å². The van der Waals surface area contributed by atoms with Gasteiger partial charge in [-0.25, -0.2) is 8.42 Å². The second-order valence-electron chi connectivity index (χ2n) is 8.03. The quantitative estimate of drug-likeness (QED) is 0.261. The largest absolute Gasteiger partial charge is 0.484 e. The van der Waals surface area contributed by atoms with Gasteiger partial charge in [0.1, 0.15) is 5.75 Å². The molecule has 3 aromatic carbocycles. The molecule has 0 unspecified atom stereocenters. The number of hydrogen-bond donors (Lipinski definition) is 3. The van der Waals surface area contributed by atoms with Crippen LogP contribution in [0.15, 0.2) is 83.9 Å². The van der Waals surface area contributed by atoms with Crippen molar-refractivity contribution < 1.29 is 17.9 Å². The van der Waals surface area contributed by atoms with Crippen LogP contribution in [0.3, 0.4) is 0 Å². The van der Waals surface area contributed by atoms with Crippen LogP contribution in [0.1, 0.15) is 5.56 Å². The number of fused-ring (bicyclic) bond motifs is 1. The molecular weight excluding hydrogens is 500 g/mol. The van der Waals surface area contributed by atoms with Crippen LogP contribution in [0.5, 0.6) is 5.75 Å². The summed E-state index contributed by atoms with van der Waals surface area (Å²) in [6.45, 7) is 2.63. The first-order chi connectivity index (χ1) is 17.3. The fraction of sp³-hybridized carbons (Fsp3) is 0.154. The van der Waals surface area contributed by atoms with E-state index in [0.29, 0.717) is 29.5 Å². The lowest BCUT2D eigenvalue weighted by Crippen LogP contribution is -2.32. The second kappa shape index (κ2) is 11.3. The Balaban J connectivity index is 1.22. The molecule has 10 heteroatoms. The number of benzene rings is 3. The number of aromatic nitrogens is 1. The van der Waals surface area contributed by atoms with Crippen molar-refractivity contribution in [3.63, 3.8) is 0 Å². The van der Waals surface area contributed by atoms with Gasteiger partial charge < -0.3 is 15.4 Å². The van der Waals surface area contributed by atoms with Gasteiger partial charge in [-0.1, -0.05) is 29.3 Å². The van der Waals surface area contributed by atoms with Crippen molar-refractivity contribution >= 4 is 49.8 Å². The highest BCUT2D eigenvalue weighted by Gasteiger charge is 2.14. The lowest BCUT2D eigenvalue weighted by atomic mass is 10.2. The van der Waals surface area contributed by atoms with E-state index in [9.17, 15) is 13.2 Å². The molecule has 0 aliphatic carbocycles. The number of nitrogens with one attached hydrogen (secondary N) is 3. The second-order valence-corrected chi connectivity index (χ2v) is 10.1. The average Bonchev–Trinajstić information content (AvgIpc) is 2.86. The van der Waals surface area contributed by atoms with E-state index in [4.69, 9.17) is 16.3 Å². The van der Waals surface area contributed by atoms with Crippen LogP contribution in [-0.4, -0.2) is 39.0 Å². The van der Waals surface area contributed by atoms with Crippen LogP contribution < -0.4 is 20.1 Å². The number of ether oxygens (including phenoxy) is 1. The maximum atomic E-state index is 12.6. The molecule has 4 rings (SSSR count). The van der Waals surface area contributed by atoms with Crippen molar-refractivity contribution in [1.82, 2.24) is 10.3 Å². The lowest BCUT2D eigenvalue weighted by molar-refractivity contribution is -0.123. The summed E-state index contributed by atoms with van der Waals surface area (Å²) in [4.78, 5) is 16.5. The third kappa shape index (κ3) is 6.65. The van der Waals surface area contributed by atoms with E-state index in [1.165, 1.54) is 24.3 Å². The van der Waals surface area contributed by atoms with Crippen LogP contribution in [-0.2, 0) is 14.8 Å². The zero-order valence-electron chi connectivity index (χ0n) is 19.5. The van der Waals surface area contributed by atoms with Crippen LogP contribution in [0.2, 0.25) is 5.02 Å². The standard InChI is InChI=1S/C26H25ClN4O4S/c1-18-2-5-20(6-3-18)31-36(33,34)22-9-7-21(8-10-22)35-17-26(32)30-15-14-29-24-12-13-28-25-16-19(27)4-11-23(24)25/h2-13,16,31H,14-15,17H2,1H3,(H,28,29)(H,30,32). The molecule has 8 nitrogen and oxygen atoms in total. The molecule has 186 valence electrons. The van der Waals surface area contributed by atoms with Crippen molar-refractivity contribution in [2.45, 2.75) is 11.8 Å². The first-order valence-corrected chi connectivity index (χ1v) is 13.0. The van der Waals surface area contributed by atoms with Gasteiger partial charge in [0.25, 0.3) is 15.9 Å². The Morgan fingerprint density at radius 3 is 2.47 bits per heavy atom. The van der Waals surface area contributed by atoms with Crippen LogP contribution >= 0.6 is 11.6 Å². The maximum Gasteiger partial charge on any atom is 0.261 e. The van der Waals surface area contributed by atoms with Crippen LogP contribution in [0, 0.1) is 6.92 Å². The Hall–Kier alpha value is -3.82. The molecule has 3 N–H and O–H groups in total. The number of carbonyl (C=O) groups excluding carboxylic acids is 1. The van der Waals surface area contributed by atoms with E-state index in [2.05, 4.69) is 20.3 Å². The van der Waals surface area contributed by atoms with Crippen LogP contribution in [0.4, 0.5) is 11.4 Å². The molecule has 0 fully saturated rings. The molecule has 1 heterocycles. The number of rotatable bonds is 10. The van der Waals surface area contributed by atoms with Crippen molar-refractivity contribution in [3.05, 3.63) is 89.6 Å². The number of carbonyl (C=O) groups is 1. The predicted octanol–water partition coefficient (Wildman–Crippen LogP) is 4.60. The van der Waals surface area contributed by atoms with Crippen molar-refractivity contribution in [1.29, 1.82) is 0 Å². The highest BCUT2D eigenvalue weighted by molar-refractivity contribution is 7.92. The number of anilines is 2. The number of halogens is 1. The SMILES string of the molecule is Cc1ccc(NS(=O)(=O)c2ccc(OCC(=O)NCCNc3ccnc4cc(Cl)ccc34)cc2)cc1. The molecule has 0 saturated heterocycles. The monoisotopic (exact) mass is 524 g/mol. The molecule has 0 spiro atoms. The smallest absolute Gasteiger partial charge is 0.261 e. The third-order valence-electron chi connectivity index (χ3n) is 5.28. The normalized spacial score (nSPS) is 11.2. The van der Waals surface area contributed by atoms with Gasteiger partial charge in [-0.2, -0.15) is 0 Å². The van der Waals surface area contributed by atoms with Gasteiger partial charge in [0, 0.05) is 41.1 Å². The fourth-order valence-electron chi connectivity index (χ4n) is 3.43. The van der Waals surface area contributed by atoms with Gasteiger partial charge in [0.15, 0.2) is 6.61 Å². The van der Waals surface area contributed by atoms with Crippen molar-refractivity contribution in [2.24, 2.45) is 0 Å². The molecule has 4 aromatic rings. The van der Waals surface area contributed by atoms with Crippen molar-refractivity contribution in [2.75, 3.05) is 29.7 Å². The summed E-state index contributed by atoms with van der Waals surface area (Å²) < 4.78 is 33.2. The summed E-state index contributed by atoms with van der Waals surface area (Å²) in [6.07, 6.45) is 1.70. The van der Waals surface area contributed by atoms with Gasteiger partial charge >= 0.3 is 0 Å². The van der Waals surface area contributed by atoms with E-state index < -0.39 is 10.0 Å². The Bertz CT molecular complexity index is 1460. The molecular formula is C26H25ClN4O4S. The Kier molecular flexibility index (Phi) is 7.92.